The van der Waals surface area contributed by atoms with E-state index >= 15 is 0 Å². The number of aliphatic hydroxyl groups is 6. The predicted octanol–water partition coefficient (Wildman–Crippen LogP) is -3.39. The highest BCUT2D eigenvalue weighted by atomic mass is 32.5. The van der Waals surface area contributed by atoms with E-state index in [1.54, 1.807) is 0 Å². The number of methoxy groups -OCH3 is 1. The molecule has 0 saturated carbocycles. The van der Waals surface area contributed by atoms with Crippen LogP contribution in [0.1, 0.15) is 5.37 Å². The third-order valence-corrected chi connectivity index (χ3v) is 11.4. The number of nitrogens with one attached hydrogen (secondary N) is 1. The van der Waals surface area contributed by atoms with Crippen molar-refractivity contribution in [3.8, 4) is 0 Å². The average Bonchev–Trinajstić information content (AvgIpc) is 3.17. The molecule has 0 radical (unpaired) electrons. The van der Waals surface area contributed by atoms with Gasteiger partial charge in [0.15, 0.2) is 6.29 Å². The van der Waals surface area contributed by atoms with Gasteiger partial charge in [0, 0.05) is 19.4 Å². The molecule has 7 unspecified atom stereocenters. The predicted molar refractivity (Wildman–Crippen MR) is 142 cm³/mol. The minimum Gasteiger partial charge on any atom is -0.394 e. The Balaban J connectivity index is 1.71. The van der Waals surface area contributed by atoms with Crippen LogP contribution in [0.4, 0.5) is 0 Å². The summed E-state index contributed by atoms with van der Waals surface area (Å²) >= 11 is 5.67. The number of hydrogen-bond acceptors (Lipinski definition) is 16. The Morgan fingerprint density at radius 2 is 1.93 bits per heavy atom. The summed E-state index contributed by atoms with van der Waals surface area (Å²) < 4.78 is 38.5. The summed E-state index contributed by atoms with van der Waals surface area (Å²) in [7, 11) is -4.22. The second-order valence-electron chi connectivity index (χ2n) is 8.86. The van der Waals surface area contributed by atoms with Crippen molar-refractivity contribution in [2.24, 2.45) is 0 Å². The van der Waals surface area contributed by atoms with Crippen molar-refractivity contribution in [2.75, 3.05) is 20.3 Å². The molecule has 2 aliphatic rings. The lowest BCUT2D eigenvalue weighted by molar-refractivity contribution is -0.292. The molecular weight excluding hydrogens is 638 g/mol. The van der Waals surface area contributed by atoms with E-state index in [0.717, 1.165) is 22.4 Å². The molecule has 0 bridgehead atoms. The standard InChI is InChI=1S/C19H30N2O16P2S2/c1-3-19(33-2)15(28)9(41-17(19)21-5-4-10(24)20-18(21)29)7-34-39(32,40)37-38(30,31)36-16-13(27)11(25)12(26)14(35-16)8(23)6-22/h3-5,8-9,11-17,22-23,25-28H,1,6-7H2,2H3,(H,30,31)(H,32,40)(H,20,24,29)/t8-,9+,11?,12?,13?,14?,15+,16?,17+,19+,39?/m0/s1. The molecule has 2 saturated heterocycles. The first-order chi connectivity index (χ1) is 19.0. The summed E-state index contributed by atoms with van der Waals surface area (Å²) in [4.78, 5) is 46.5. The van der Waals surface area contributed by atoms with Crippen LogP contribution in [0.3, 0.4) is 0 Å². The summed E-state index contributed by atoms with van der Waals surface area (Å²) in [6, 6.07) is 1.07. The first-order valence-corrected chi connectivity index (χ1v) is 16.6. The summed E-state index contributed by atoms with van der Waals surface area (Å²) in [6.45, 7) is -2.60. The molecule has 9 N–H and O–H groups in total. The number of H-pyrrole nitrogens is 1. The van der Waals surface area contributed by atoms with Gasteiger partial charge in [-0.05, 0) is 11.8 Å². The van der Waals surface area contributed by atoms with Crippen molar-refractivity contribution in [3.05, 3.63) is 45.8 Å². The molecular formula is C19H30N2O16P2S2. The molecule has 12 atom stereocenters. The smallest absolute Gasteiger partial charge is 0.394 e. The average molecular weight is 669 g/mol. The number of aromatic nitrogens is 2. The Morgan fingerprint density at radius 1 is 1.27 bits per heavy atom. The third-order valence-electron chi connectivity index (χ3n) is 6.30. The molecule has 3 heterocycles. The van der Waals surface area contributed by atoms with Gasteiger partial charge in [-0.15, -0.1) is 18.3 Å². The van der Waals surface area contributed by atoms with Gasteiger partial charge >= 0.3 is 20.2 Å². The fourth-order valence-corrected chi connectivity index (χ4v) is 9.08. The number of phosphoric acid groups is 1. The highest BCUT2D eigenvalue weighted by Gasteiger charge is 2.56. The van der Waals surface area contributed by atoms with Gasteiger partial charge in [0.2, 0.25) is 0 Å². The van der Waals surface area contributed by atoms with Crippen molar-refractivity contribution in [1.29, 1.82) is 0 Å². The van der Waals surface area contributed by atoms with E-state index in [2.05, 4.69) is 20.4 Å². The van der Waals surface area contributed by atoms with E-state index in [9.17, 15) is 49.5 Å². The molecule has 3 rings (SSSR count). The van der Waals surface area contributed by atoms with Crippen molar-refractivity contribution in [2.45, 2.75) is 59.1 Å². The van der Waals surface area contributed by atoms with Gasteiger partial charge in [0.05, 0.1) is 18.5 Å². The zero-order valence-electron chi connectivity index (χ0n) is 21.1. The molecule has 22 heteroatoms. The Morgan fingerprint density at radius 3 is 2.49 bits per heavy atom. The van der Waals surface area contributed by atoms with Crippen LogP contribution in [0.15, 0.2) is 34.5 Å². The molecule has 1 aromatic rings. The number of aliphatic hydroxyl groups excluding tert-OH is 6. The normalized spacial score (nSPS) is 37.7. The van der Waals surface area contributed by atoms with E-state index in [-0.39, 0.29) is 0 Å². The number of ether oxygens (including phenoxy) is 2. The van der Waals surface area contributed by atoms with Crippen LogP contribution in [0.2, 0.25) is 0 Å². The van der Waals surface area contributed by atoms with Crippen molar-refractivity contribution >= 4 is 38.1 Å². The molecule has 0 aliphatic carbocycles. The van der Waals surface area contributed by atoms with Gasteiger partial charge < -0.3 is 54.4 Å². The van der Waals surface area contributed by atoms with Crippen LogP contribution >= 0.6 is 26.3 Å². The Labute approximate surface area is 240 Å². The molecule has 41 heavy (non-hydrogen) atoms. The molecule has 1 aromatic heterocycles. The lowest BCUT2D eigenvalue weighted by atomic mass is 9.94. The molecule has 18 nitrogen and oxygen atoms in total. The first-order valence-electron chi connectivity index (χ1n) is 11.5. The monoisotopic (exact) mass is 668 g/mol. The lowest BCUT2D eigenvalue weighted by Gasteiger charge is -2.41. The summed E-state index contributed by atoms with van der Waals surface area (Å²) in [5.74, 6) is 0. The second kappa shape index (κ2) is 13.4. The van der Waals surface area contributed by atoms with E-state index in [4.69, 9.17) is 30.9 Å². The third kappa shape index (κ3) is 7.44. The second-order valence-corrected chi connectivity index (χ2v) is 14.6. The quantitative estimate of drug-likeness (QED) is 0.0775. The van der Waals surface area contributed by atoms with E-state index in [1.165, 1.54) is 19.4 Å². The van der Waals surface area contributed by atoms with Crippen LogP contribution in [0.25, 0.3) is 0 Å². The Bertz CT molecular complexity index is 1300. The first kappa shape index (κ1) is 34.6. The van der Waals surface area contributed by atoms with E-state index in [0.29, 0.717) is 0 Å². The fourth-order valence-electron chi connectivity index (χ4n) is 4.19. The summed E-state index contributed by atoms with van der Waals surface area (Å²) in [6.07, 6.45) is -10.9. The Hall–Kier alpha value is -0.870. The van der Waals surface area contributed by atoms with Crippen LogP contribution in [0.5, 0.6) is 0 Å². The van der Waals surface area contributed by atoms with E-state index < -0.39 is 98.1 Å². The van der Waals surface area contributed by atoms with Gasteiger partial charge in [-0.2, -0.15) is 0 Å². The van der Waals surface area contributed by atoms with Crippen molar-refractivity contribution in [3.63, 3.8) is 0 Å². The molecule has 2 fully saturated rings. The number of nitrogens with zero attached hydrogens (tertiary/aromatic N) is 1. The number of hydrogen-bond donors (Lipinski definition) is 9. The lowest BCUT2D eigenvalue weighted by Crippen LogP contribution is -2.61. The van der Waals surface area contributed by atoms with Gasteiger partial charge in [-0.1, -0.05) is 6.08 Å². The maximum absolute atomic E-state index is 12.6. The van der Waals surface area contributed by atoms with Crippen molar-refractivity contribution in [1.82, 2.24) is 9.55 Å². The zero-order chi connectivity index (χ0) is 30.9. The van der Waals surface area contributed by atoms with Crippen LogP contribution in [0, 0.1) is 0 Å². The number of phosphoric ester groups is 1. The minimum absolute atomic E-state index is 0.634. The molecule has 0 amide bonds. The fraction of sp³-hybridized carbons (Fsp3) is 0.684. The van der Waals surface area contributed by atoms with E-state index in [1.807, 2.05) is 0 Å². The number of thioether (sulfide) groups is 1. The van der Waals surface area contributed by atoms with Crippen LogP contribution in [-0.4, -0.2) is 124 Å². The topological polar surface area (TPSA) is 280 Å². The van der Waals surface area contributed by atoms with Gasteiger partial charge in [-0.25, -0.2) is 13.7 Å². The molecule has 2 aliphatic heterocycles. The number of aromatic amines is 1. The molecule has 0 aromatic carbocycles. The van der Waals surface area contributed by atoms with Crippen molar-refractivity contribution < 1.29 is 67.8 Å². The summed E-state index contributed by atoms with van der Waals surface area (Å²) in [5.41, 5.74) is -3.09. The van der Waals surface area contributed by atoms with Gasteiger partial charge in [0.25, 0.3) is 5.56 Å². The highest BCUT2D eigenvalue weighted by Crippen LogP contribution is 2.62. The van der Waals surface area contributed by atoms with Gasteiger partial charge in [0.1, 0.15) is 47.6 Å². The highest BCUT2D eigenvalue weighted by molar-refractivity contribution is 8.08. The maximum Gasteiger partial charge on any atom is 0.481 e. The van der Waals surface area contributed by atoms with Crippen LogP contribution < -0.4 is 11.2 Å². The summed E-state index contributed by atoms with van der Waals surface area (Å²) in [5, 5.41) is 57.8. The number of rotatable bonds is 12. The molecule has 234 valence electrons. The zero-order valence-corrected chi connectivity index (χ0v) is 24.5. The minimum atomic E-state index is -5.46. The largest absolute Gasteiger partial charge is 0.481 e. The van der Waals surface area contributed by atoms with Gasteiger partial charge in [-0.3, -0.25) is 18.9 Å². The Kier molecular flexibility index (Phi) is 11.3. The van der Waals surface area contributed by atoms with Crippen LogP contribution in [-0.2, 0) is 39.2 Å². The SMILES string of the molecule is C=C[C@@]1(OC)[C@H](O)[C@@H](COP(O)(=S)OP(=O)(O)OC2OC([C@@H](O)CO)C(O)C(O)C2O)S[C@H]1n1ccc(=O)[nH]c1=O. The molecule has 0 spiro atoms. The maximum atomic E-state index is 12.6.